The number of carbonyl (C=O) groups is 1. The zero-order valence-corrected chi connectivity index (χ0v) is 16.9. The van der Waals surface area contributed by atoms with E-state index in [9.17, 15) is 4.79 Å². The van der Waals surface area contributed by atoms with Gasteiger partial charge in [-0.3, -0.25) is 4.79 Å². The SMILES string of the molecule is CC.CC1C=Cc2cc(C(=O)N3CCN(c4ncccc4N)CC3)[nH]c2C=C1. The van der Waals surface area contributed by atoms with Crippen molar-refractivity contribution in [2.24, 2.45) is 5.92 Å². The van der Waals surface area contributed by atoms with Gasteiger partial charge in [-0.1, -0.05) is 39.0 Å². The summed E-state index contributed by atoms with van der Waals surface area (Å²) in [5.74, 6) is 1.25. The lowest BCUT2D eigenvalue weighted by atomic mass is 10.1. The molecule has 1 unspecified atom stereocenters. The molecule has 1 atom stereocenters. The highest BCUT2D eigenvalue weighted by atomic mass is 16.2. The molecule has 1 fully saturated rings. The number of hydrogen-bond donors (Lipinski definition) is 2. The number of fused-ring (bicyclic) bond motifs is 1. The molecule has 6 nitrogen and oxygen atoms in total. The Morgan fingerprint density at radius 3 is 2.61 bits per heavy atom. The molecule has 0 radical (unpaired) electrons. The molecule has 3 heterocycles. The zero-order valence-electron chi connectivity index (χ0n) is 16.9. The van der Waals surface area contributed by atoms with Crippen molar-refractivity contribution in [2.45, 2.75) is 20.8 Å². The minimum atomic E-state index is 0.0431. The monoisotopic (exact) mass is 379 g/mol. The van der Waals surface area contributed by atoms with Gasteiger partial charge in [0.2, 0.25) is 0 Å². The summed E-state index contributed by atoms with van der Waals surface area (Å²) >= 11 is 0. The van der Waals surface area contributed by atoms with Crippen molar-refractivity contribution in [1.29, 1.82) is 0 Å². The minimum absolute atomic E-state index is 0.0431. The molecule has 3 N–H and O–H groups in total. The number of nitrogens with zero attached hydrogens (tertiary/aromatic N) is 3. The van der Waals surface area contributed by atoms with Crippen molar-refractivity contribution in [3.63, 3.8) is 0 Å². The molecule has 0 aromatic carbocycles. The van der Waals surface area contributed by atoms with Gasteiger partial charge in [-0.05, 0) is 35.8 Å². The van der Waals surface area contributed by atoms with Gasteiger partial charge in [0, 0.05) is 38.1 Å². The fourth-order valence-electron chi connectivity index (χ4n) is 3.41. The van der Waals surface area contributed by atoms with Gasteiger partial charge in [0.05, 0.1) is 5.69 Å². The van der Waals surface area contributed by atoms with Crippen molar-refractivity contribution in [2.75, 3.05) is 36.8 Å². The van der Waals surface area contributed by atoms with Gasteiger partial charge < -0.3 is 20.5 Å². The highest BCUT2D eigenvalue weighted by molar-refractivity contribution is 5.94. The number of nitrogens with two attached hydrogens (primary N) is 1. The number of aromatic nitrogens is 2. The van der Waals surface area contributed by atoms with E-state index in [-0.39, 0.29) is 5.91 Å². The second-order valence-electron chi connectivity index (χ2n) is 6.82. The normalized spacial score (nSPS) is 18.2. The first-order valence-electron chi connectivity index (χ1n) is 9.96. The number of nitrogens with one attached hydrogen (secondary N) is 1. The number of pyridine rings is 1. The largest absolute Gasteiger partial charge is 0.396 e. The Bertz CT molecular complexity index is 843. The topological polar surface area (TPSA) is 78.2 Å². The number of piperazine rings is 1. The van der Waals surface area contributed by atoms with Gasteiger partial charge in [0.1, 0.15) is 5.69 Å². The van der Waals surface area contributed by atoms with Crippen LogP contribution in [0.5, 0.6) is 0 Å². The quantitative estimate of drug-likeness (QED) is 0.835. The Kier molecular flexibility index (Phi) is 6.19. The van der Waals surface area contributed by atoms with Crippen LogP contribution in [-0.4, -0.2) is 47.0 Å². The maximum absolute atomic E-state index is 12.9. The molecule has 1 aliphatic heterocycles. The molecule has 2 aromatic rings. The summed E-state index contributed by atoms with van der Waals surface area (Å²) in [6.45, 7) is 8.90. The van der Waals surface area contributed by atoms with Crippen LogP contribution in [0.4, 0.5) is 11.5 Å². The molecule has 0 saturated carbocycles. The minimum Gasteiger partial charge on any atom is -0.396 e. The van der Waals surface area contributed by atoms with Gasteiger partial charge in [0.25, 0.3) is 5.91 Å². The molecule has 28 heavy (non-hydrogen) atoms. The van der Waals surface area contributed by atoms with Gasteiger partial charge in [-0.15, -0.1) is 0 Å². The first-order chi connectivity index (χ1) is 13.6. The van der Waals surface area contributed by atoms with Crippen molar-refractivity contribution >= 4 is 29.6 Å². The summed E-state index contributed by atoms with van der Waals surface area (Å²) in [5, 5.41) is 0. The number of anilines is 2. The van der Waals surface area contributed by atoms with Crippen molar-refractivity contribution in [1.82, 2.24) is 14.9 Å². The molecular formula is C22H29N5O. The van der Waals surface area contributed by atoms with E-state index in [4.69, 9.17) is 5.73 Å². The van der Waals surface area contributed by atoms with Crippen LogP contribution < -0.4 is 10.6 Å². The Hall–Kier alpha value is -3.02. The summed E-state index contributed by atoms with van der Waals surface area (Å²) in [6.07, 6.45) is 10.1. The highest BCUT2D eigenvalue weighted by Crippen LogP contribution is 2.23. The molecule has 6 heteroatoms. The fraction of sp³-hybridized carbons (Fsp3) is 0.364. The van der Waals surface area contributed by atoms with Crippen LogP contribution in [0.3, 0.4) is 0 Å². The van der Waals surface area contributed by atoms with E-state index in [0.29, 0.717) is 30.4 Å². The number of carbonyl (C=O) groups excluding carboxylic acids is 1. The summed E-state index contributed by atoms with van der Waals surface area (Å²) < 4.78 is 0. The zero-order chi connectivity index (χ0) is 20.1. The molecule has 0 bridgehead atoms. The second kappa shape index (κ2) is 8.78. The number of allylic oxidation sites excluding steroid dienone is 2. The van der Waals surface area contributed by atoms with Crippen LogP contribution in [0, 0.1) is 5.92 Å². The van der Waals surface area contributed by atoms with Gasteiger partial charge in [-0.25, -0.2) is 4.98 Å². The highest BCUT2D eigenvalue weighted by Gasteiger charge is 2.25. The Morgan fingerprint density at radius 1 is 1.18 bits per heavy atom. The Morgan fingerprint density at radius 2 is 1.89 bits per heavy atom. The van der Waals surface area contributed by atoms with Crippen LogP contribution >= 0.6 is 0 Å². The smallest absolute Gasteiger partial charge is 0.270 e. The maximum Gasteiger partial charge on any atom is 0.270 e. The third-order valence-electron chi connectivity index (χ3n) is 4.94. The number of nitrogen functional groups attached to an aromatic ring is 1. The molecule has 148 valence electrons. The van der Waals surface area contributed by atoms with E-state index in [1.807, 2.05) is 36.9 Å². The van der Waals surface area contributed by atoms with Crippen LogP contribution in [0.15, 0.2) is 36.5 Å². The van der Waals surface area contributed by atoms with Gasteiger partial charge in [-0.2, -0.15) is 0 Å². The van der Waals surface area contributed by atoms with Crippen molar-refractivity contribution < 1.29 is 4.79 Å². The number of H-pyrrole nitrogens is 1. The molecule has 1 amide bonds. The molecular weight excluding hydrogens is 350 g/mol. The maximum atomic E-state index is 12.9. The summed E-state index contributed by atoms with van der Waals surface area (Å²) in [6, 6.07) is 5.63. The average Bonchev–Trinajstić information content (AvgIpc) is 3.07. The lowest BCUT2D eigenvalue weighted by molar-refractivity contribution is 0.0741. The summed E-state index contributed by atoms with van der Waals surface area (Å²) in [5.41, 5.74) is 9.39. The van der Waals surface area contributed by atoms with E-state index in [1.54, 1.807) is 6.20 Å². The first-order valence-corrected chi connectivity index (χ1v) is 9.96. The number of rotatable bonds is 2. The van der Waals surface area contributed by atoms with E-state index in [1.165, 1.54) is 0 Å². The average molecular weight is 380 g/mol. The Labute approximate surface area is 166 Å². The van der Waals surface area contributed by atoms with E-state index < -0.39 is 0 Å². The predicted octanol–water partition coefficient (Wildman–Crippen LogP) is 3.66. The molecule has 1 saturated heterocycles. The van der Waals surface area contributed by atoms with Crippen LogP contribution in [0.1, 0.15) is 42.5 Å². The lowest BCUT2D eigenvalue weighted by Crippen LogP contribution is -2.49. The third-order valence-corrected chi connectivity index (χ3v) is 4.94. The molecule has 2 aromatic heterocycles. The predicted molar refractivity (Wildman–Crippen MR) is 116 cm³/mol. The fourth-order valence-corrected chi connectivity index (χ4v) is 3.41. The molecule has 0 spiro atoms. The number of aromatic amines is 1. The van der Waals surface area contributed by atoms with Crippen LogP contribution in [0.25, 0.3) is 12.2 Å². The van der Waals surface area contributed by atoms with Crippen molar-refractivity contribution in [3.05, 3.63) is 53.5 Å². The number of amides is 1. The van der Waals surface area contributed by atoms with Gasteiger partial charge >= 0.3 is 0 Å². The molecule has 1 aliphatic carbocycles. The lowest BCUT2D eigenvalue weighted by Gasteiger charge is -2.35. The third kappa shape index (κ3) is 4.11. The molecule has 2 aliphatic rings. The van der Waals surface area contributed by atoms with E-state index >= 15 is 0 Å². The van der Waals surface area contributed by atoms with Crippen LogP contribution in [-0.2, 0) is 0 Å². The van der Waals surface area contributed by atoms with Crippen molar-refractivity contribution in [3.8, 4) is 0 Å². The first kappa shape index (κ1) is 19.7. The summed E-state index contributed by atoms with van der Waals surface area (Å²) in [7, 11) is 0. The molecule has 4 rings (SSSR count). The van der Waals surface area contributed by atoms with E-state index in [0.717, 1.165) is 30.2 Å². The van der Waals surface area contributed by atoms with Gasteiger partial charge in [0.15, 0.2) is 5.82 Å². The standard InChI is InChI=1S/C20H23N5O.C2H6/c1-14-4-6-15-13-18(23-17(15)7-5-14)20(26)25-11-9-24(10-12-25)19-16(21)3-2-8-22-19;1-2/h2-8,13-14,23H,9-12,21H2,1H3;1-2H3. The summed E-state index contributed by atoms with van der Waals surface area (Å²) in [4.78, 5) is 24.5. The number of hydrogen-bond acceptors (Lipinski definition) is 4. The Balaban J connectivity index is 0.00000109. The second-order valence-corrected chi connectivity index (χ2v) is 6.82. The van der Waals surface area contributed by atoms with E-state index in [2.05, 4.69) is 46.1 Å². The van der Waals surface area contributed by atoms with Crippen LogP contribution in [0.2, 0.25) is 0 Å².